The number of aliphatic imine (C=N–C) groups is 1. The number of hydrogen-bond donors (Lipinski definition) is 26. The third-order valence-corrected chi connectivity index (χ3v) is 14.4. The van der Waals surface area contributed by atoms with Crippen LogP contribution in [-0.4, -0.2) is 271 Å². The Labute approximate surface area is 580 Å². The molecule has 102 heavy (non-hydrogen) atoms. The highest BCUT2D eigenvalue weighted by molar-refractivity contribution is 6.01. The lowest BCUT2D eigenvalue weighted by Gasteiger charge is -2.28. The molecule has 2 rings (SSSR count). The molecule has 0 saturated carbocycles. The first kappa shape index (κ1) is 86.8. The van der Waals surface area contributed by atoms with Gasteiger partial charge in [-0.1, -0.05) is 42.5 Å². The van der Waals surface area contributed by atoms with Crippen LogP contribution in [0.3, 0.4) is 0 Å². The van der Waals surface area contributed by atoms with E-state index in [1.54, 1.807) is 30.3 Å². The minimum Gasteiger partial charge on any atom is -0.508 e. The fourth-order valence-electron chi connectivity index (χ4n) is 8.92. The maximum absolute atomic E-state index is 14.3. The van der Waals surface area contributed by atoms with Gasteiger partial charge in [0, 0.05) is 25.8 Å². The molecule has 43 nitrogen and oxygen atoms in total. The van der Waals surface area contributed by atoms with Crippen LogP contribution in [-0.2, 0) is 89.6 Å². The van der Waals surface area contributed by atoms with Crippen LogP contribution >= 0.6 is 0 Å². The van der Waals surface area contributed by atoms with Crippen LogP contribution in [0.4, 0.5) is 0 Å². The molecule has 0 bridgehead atoms. The minimum absolute atomic E-state index is 0.0969. The average molecular weight is 1450 g/mol. The number of nitrogens with one attached hydrogen (secondary N) is 12. The maximum Gasteiger partial charge on any atom is 0.328 e. The lowest BCUT2D eigenvalue weighted by molar-refractivity contribution is -0.144. The van der Waals surface area contributed by atoms with E-state index in [2.05, 4.69) is 42.2 Å². The number of aromatic hydroxyl groups is 1. The number of aliphatic carboxylic acids is 2. The molecular formula is C59H88N18O25. The van der Waals surface area contributed by atoms with Gasteiger partial charge in [0.05, 0.1) is 64.1 Å². The monoisotopic (exact) mass is 1450 g/mol. The fraction of sp³-hybridized carbons (Fsp3) is 0.508. The van der Waals surface area contributed by atoms with E-state index in [-0.39, 0.29) is 55.9 Å². The van der Waals surface area contributed by atoms with Crippen molar-refractivity contribution in [1.29, 1.82) is 0 Å². The number of nitrogens with two attached hydrogens (primary N) is 5. The van der Waals surface area contributed by atoms with Crippen molar-refractivity contribution in [1.82, 2.24) is 63.8 Å². The molecule has 43 heteroatoms. The van der Waals surface area contributed by atoms with Gasteiger partial charge in [-0.2, -0.15) is 0 Å². The Morgan fingerprint density at radius 3 is 1.26 bits per heavy atom. The molecule has 0 saturated heterocycles. The van der Waals surface area contributed by atoms with Crippen molar-refractivity contribution in [3.05, 3.63) is 65.7 Å². The van der Waals surface area contributed by atoms with E-state index in [0.717, 1.165) is 13.8 Å². The molecule has 2 aromatic rings. The molecule has 0 fully saturated rings. The molecule has 0 unspecified atom stereocenters. The van der Waals surface area contributed by atoms with Gasteiger partial charge in [0.2, 0.25) is 82.7 Å². The van der Waals surface area contributed by atoms with Crippen LogP contribution in [0.2, 0.25) is 0 Å². The number of carbonyl (C=O) groups is 16. The number of carbonyl (C=O) groups excluding carboxylic acids is 14. The summed E-state index contributed by atoms with van der Waals surface area (Å²) in [6.45, 7) is -4.15. The summed E-state index contributed by atoms with van der Waals surface area (Å²) in [5.41, 5.74) is 28.0. The molecule has 0 aliphatic carbocycles. The second kappa shape index (κ2) is 44.0. The molecule has 2 aromatic carbocycles. The van der Waals surface area contributed by atoms with Crippen LogP contribution in [0, 0.1) is 0 Å². The van der Waals surface area contributed by atoms with E-state index in [1.165, 1.54) is 24.3 Å². The van der Waals surface area contributed by atoms with Gasteiger partial charge < -0.3 is 138 Å². The quantitative estimate of drug-likeness (QED) is 0.0166. The Kier molecular flexibility index (Phi) is 37.5. The summed E-state index contributed by atoms with van der Waals surface area (Å²) in [5, 5.41) is 115. The van der Waals surface area contributed by atoms with Crippen LogP contribution in [0.5, 0.6) is 5.75 Å². The smallest absolute Gasteiger partial charge is 0.328 e. The van der Waals surface area contributed by atoms with Gasteiger partial charge >= 0.3 is 11.9 Å². The van der Waals surface area contributed by atoms with Gasteiger partial charge in [0.25, 0.3) is 0 Å². The van der Waals surface area contributed by atoms with E-state index >= 15 is 0 Å². The molecule has 31 N–H and O–H groups in total. The number of rotatable bonds is 46. The molecule has 0 aliphatic rings. The van der Waals surface area contributed by atoms with Crippen LogP contribution in [0.15, 0.2) is 59.6 Å². The van der Waals surface area contributed by atoms with Crippen molar-refractivity contribution in [3.8, 4) is 5.75 Å². The van der Waals surface area contributed by atoms with Crippen molar-refractivity contribution in [3.63, 3.8) is 0 Å². The summed E-state index contributed by atoms with van der Waals surface area (Å²) in [5.74, 6) is -21.4. The second-order valence-electron chi connectivity index (χ2n) is 22.7. The number of carboxylic acids is 2. The number of guanidine groups is 1. The number of aliphatic hydroxyl groups is 6. The molecule has 0 aromatic heterocycles. The van der Waals surface area contributed by atoms with Crippen molar-refractivity contribution >= 4 is 101 Å². The molecule has 0 radical (unpaired) electrons. The molecule has 0 heterocycles. The third-order valence-electron chi connectivity index (χ3n) is 14.4. The van der Waals surface area contributed by atoms with E-state index in [4.69, 9.17) is 28.7 Å². The lowest BCUT2D eigenvalue weighted by atomic mass is 10.0. The topological polar surface area (TPSA) is 742 Å². The van der Waals surface area contributed by atoms with Gasteiger partial charge in [-0.25, -0.2) is 4.79 Å². The van der Waals surface area contributed by atoms with Gasteiger partial charge in [-0.05, 0) is 56.4 Å². The number of nitrogens with zero attached hydrogens (tertiary/aromatic N) is 1. The van der Waals surface area contributed by atoms with E-state index in [1.807, 2.05) is 26.6 Å². The number of amides is 14. The summed E-state index contributed by atoms with van der Waals surface area (Å²) in [4.78, 5) is 213. The number of hydrogen-bond acceptors (Lipinski definition) is 25. The highest BCUT2D eigenvalue weighted by atomic mass is 16.4. The number of phenols is 1. The molecule has 14 atom stereocenters. The van der Waals surface area contributed by atoms with Crippen molar-refractivity contribution in [2.24, 2.45) is 33.7 Å². The highest BCUT2D eigenvalue weighted by Crippen LogP contribution is 2.14. The molecule has 14 amide bonds. The Hall–Kier alpha value is -11.2. The molecule has 0 spiro atoms. The molecular weight excluding hydrogens is 1360 g/mol. The third kappa shape index (κ3) is 31.3. The summed E-state index contributed by atoms with van der Waals surface area (Å²) >= 11 is 0. The number of carboxylic acid groups (broad SMARTS) is 2. The minimum atomic E-state index is -2.13. The number of aliphatic hydroxyl groups excluding tert-OH is 6. The number of phenolic OH excluding ortho intramolecular Hbond substituents is 1. The lowest BCUT2D eigenvalue weighted by Crippen LogP contribution is -2.63. The number of primary amides is 2. The number of benzene rings is 2. The maximum atomic E-state index is 14.3. The van der Waals surface area contributed by atoms with E-state index < -0.39 is 232 Å². The zero-order chi connectivity index (χ0) is 77.1. The van der Waals surface area contributed by atoms with Crippen LogP contribution in [0.1, 0.15) is 63.5 Å². The van der Waals surface area contributed by atoms with Gasteiger partial charge in [-0.15, -0.1) is 0 Å². The Morgan fingerprint density at radius 2 is 0.824 bits per heavy atom. The van der Waals surface area contributed by atoms with E-state index in [9.17, 15) is 123 Å². The van der Waals surface area contributed by atoms with E-state index in [0.29, 0.717) is 5.56 Å². The zero-order valence-electron chi connectivity index (χ0n) is 55.1. The largest absolute Gasteiger partial charge is 0.508 e. The van der Waals surface area contributed by atoms with Crippen molar-refractivity contribution in [2.45, 2.75) is 150 Å². The predicted molar refractivity (Wildman–Crippen MR) is 348 cm³/mol. The Bertz CT molecular complexity index is 3290. The summed E-state index contributed by atoms with van der Waals surface area (Å²) in [6.07, 6.45) is -7.46. The fourth-order valence-corrected chi connectivity index (χ4v) is 8.92. The Morgan fingerprint density at radius 1 is 0.431 bits per heavy atom. The summed E-state index contributed by atoms with van der Waals surface area (Å²) in [7, 11) is 0. The second-order valence-corrected chi connectivity index (χ2v) is 22.7. The zero-order valence-corrected chi connectivity index (χ0v) is 55.1. The van der Waals surface area contributed by atoms with Crippen molar-refractivity contribution in [2.75, 3.05) is 39.5 Å². The summed E-state index contributed by atoms with van der Waals surface area (Å²) in [6, 6.07) is -9.51. The first-order chi connectivity index (χ1) is 47.9. The average Bonchev–Trinajstić information content (AvgIpc) is 0.854. The molecule has 0 aliphatic heterocycles. The highest BCUT2D eigenvalue weighted by Gasteiger charge is 2.38. The first-order valence-electron chi connectivity index (χ1n) is 31.0. The predicted octanol–water partition coefficient (Wildman–Crippen LogP) is -13.6. The SMILES string of the molecule is C[C@@H](O)[C@H](NC(=O)[C@H](CO)NC(=O)[C@H](CO)NC(=O)[C@@H](NC(=O)[C@H](Cc1ccccc1)NC(=O)[C@@H](N)CCC(N)=O)[C@@H](C)O)C(=O)N[C@@H](CO)C(=O)N[C@@H](Cc1ccc(O)cc1)C(=O)N[C@@H](CC(N)=O)C(=O)N[C@@H](CCCN=C(N)N)C(=O)NCC(=O)N[C@@H](CC(=O)O)C(=O)N[C@@H](CO)C(=O)O. The summed E-state index contributed by atoms with van der Waals surface area (Å²) < 4.78 is 0. The van der Waals surface area contributed by atoms with Gasteiger partial charge in [-0.3, -0.25) is 76.9 Å². The molecule has 564 valence electrons. The normalized spacial score (nSPS) is 15.0. The van der Waals surface area contributed by atoms with Gasteiger partial charge in [0.15, 0.2) is 5.96 Å². The first-order valence-corrected chi connectivity index (χ1v) is 31.0. The van der Waals surface area contributed by atoms with Crippen molar-refractivity contribution < 1.29 is 123 Å². The standard InChI is InChI=1S/C59H88N18O25/c1-26(82)45(76-52(95)34(17-28-7-4-3-5-8-28)69-47(90)31(60)14-15-41(61)85)56(99)74-38(23-79)54(97)72-39(24-80)55(98)77-46(27(2)83)57(100)73-37(22-78)53(96)70-33(18-29-10-12-30(84)13-11-29)49(92)71-35(19-42(62)86)50(93)68-32(9-6-16-65-59(63)64)48(91)66-21-43(87)67-36(20-44(88)89)51(94)75-40(25-81)58(101)102/h3-5,7-8,10-13,26-27,31-40,45-46,78-84H,6,9,14-25,60H2,1-2H3,(H2,61,85)(H2,62,86)(H,66,91)(H,67,87)(H,68,93)(H,69,90)(H,70,96)(H,71,92)(H,72,97)(H,73,100)(H,74,99)(H,75,94)(H,76,95)(H,77,98)(H,88,89)(H,101,102)(H4,63,64,65)/t26-,27-,31+,32+,33+,34+,35+,36+,37+,38+,39+,40+,45+,46+/m1/s1. The van der Waals surface area contributed by atoms with Crippen LogP contribution in [0.25, 0.3) is 0 Å². The van der Waals surface area contributed by atoms with Gasteiger partial charge in [0.1, 0.15) is 72.2 Å². The Balaban J connectivity index is 2.37. The van der Waals surface area contributed by atoms with Crippen LogP contribution < -0.4 is 92.5 Å².